The number of aliphatic hydroxyl groups is 1. The molecule has 1 aliphatic rings. The van der Waals surface area contributed by atoms with E-state index in [0.29, 0.717) is 0 Å². The van der Waals surface area contributed by atoms with Crippen LogP contribution in [-0.4, -0.2) is 92.4 Å². The van der Waals surface area contributed by atoms with Crippen LogP contribution in [0.25, 0.3) is 10.9 Å². The molecule has 0 saturated carbocycles. The Kier molecular flexibility index (Phi) is 9.75. The number of aliphatic carboxylic acids is 3. The maximum absolute atomic E-state index is 10.3. The average Bonchev–Trinajstić information content (AvgIpc) is 3.12. The molecule has 2 heterocycles. The van der Waals surface area contributed by atoms with Crippen molar-refractivity contribution in [3.8, 4) is 0 Å². The smallest absolute Gasteiger partial charge is 0.336 e. The van der Waals surface area contributed by atoms with Gasteiger partial charge in [-0.25, -0.2) is 9.78 Å². The van der Waals surface area contributed by atoms with Gasteiger partial charge in [-0.15, -0.1) is 0 Å². The van der Waals surface area contributed by atoms with Crippen molar-refractivity contribution in [1.82, 2.24) is 14.8 Å². The van der Waals surface area contributed by atoms with E-state index in [4.69, 9.17) is 37.0 Å². The summed E-state index contributed by atoms with van der Waals surface area (Å²) >= 11 is 6.24. The van der Waals surface area contributed by atoms with Crippen LogP contribution in [0, 0.1) is 5.92 Å². The van der Waals surface area contributed by atoms with Crippen LogP contribution in [0.3, 0.4) is 0 Å². The van der Waals surface area contributed by atoms with E-state index in [0.717, 1.165) is 40.6 Å². The Hall–Kier alpha value is -2.79. The second-order valence-corrected chi connectivity index (χ2v) is 9.11. The Balaban J connectivity index is 0.000000273. The number of para-hydroxylation sites is 1. The van der Waals surface area contributed by atoms with Crippen LogP contribution in [0.2, 0.25) is 5.02 Å². The van der Waals surface area contributed by atoms with Crippen molar-refractivity contribution in [2.75, 3.05) is 33.7 Å². The maximum atomic E-state index is 10.3. The van der Waals surface area contributed by atoms with Gasteiger partial charge in [0.05, 0.1) is 29.1 Å². The minimum Gasteiger partial charge on any atom is -0.481 e. The molecule has 0 bridgehead atoms. The van der Waals surface area contributed by atoms with E-state index in [1.807, 2.05) is 12.1 Å². The molecule has 1 aliphatic heterocycles. The van der Waals surface area contributed by atoms with Crippen molar-refractivity contribution in [2.24, 2.45) is 5.92 Å². The lowest BCUT2D eigenvalue weighted by Gasteiger charge is -2.20. The minimum absolute atomic E-state index is 0.731. The van der Waals surface area contributed by atoms with Gasteiger partial charge in [0.25, 0.3) is 0 Å². The normalized spacial score (nSPS) is 16.3. The first-order valence-electron chi connectivity index (χ1n) is 10.7. The van der Waals surface area contributed by atoms with Crippen molar-refractivity contribution in [2.45, 2.75) is 31.4 Å². The number of benzene rings is 1. The number of hydrogen-bond acceptors (Lipinski definition) is 7. The van der Waals surface area contributed by atoms with Gasteiger partial charge >= 0.3 is 17.9 Å². The SMILES string of the molecule is CN1CCC(CN(C)Cc2ccc3cccc(Cl)c3n2)C1.O=C(O)CC(O)(CC(=O)O)C(=O)O. The summed E-state index contributed by atoms with van der Waals surface area (Å²) in [5.74, 6) is -4.24. The summed E-state index contributed by atoms with van der Waals surface area (Å²) < 4.78 is 0. The number of carbonyl (C=O) groups is 3. The fraction of sp³-hybridized carbons (Fsp3) is 0.478. The minimum atomic E-state index is -2.74. The number of hydrogen-bond donors (Lipinski definition) is 4. The summed E-state index contributed by atoms with van der Waals surface area (Å²) in [5, 5.41) is 35.6. The number of fused-ring (bicyclic) bond motifs is 1. The van der Waals surface area contributed by atoms with Gasteiger partial charge in [-0.3, -0.25) is 9.59 Å². The molecule has 3 rings (SSSR count). The van der Waals surface area contributed by atoms with E-state index in [1.165, 1.54) is 19.5 Å². The number of likely N-dealkylation sites (tertiary alicyclic amines) is 1. The fourth-order valence-corrected chi connectivity index (χ4v) is 4.13. The predicted octanol–water partition coefficient (Wildman–Crippen LogP) is 2.02. The van der Waals surface area contributed by atoms with Crippen molar-refractivity contribution < 1.29 is 34.8 Å². The summed E-state index contributed by atoms with van der Waals surface area (Å²) in [6, 6.07) is 10.1. The lowest BCUT2D eigenvalue weighted by atomic mass is 9.96. The zero-order chi connectivity index (χ0) is 25.5. The average molecular weight is 496 g/mol. The third-order valence-corrected chi connectivity index (χ3v) is 5.81. The first-order valence-corrected chi connectivity index (χ1v) is 11.1. The van der Waals surface area contributed by atoms with Crippen molar-refractivity contribution in [3.63, 3.8) is 0 Å². The third kappa shape index (κ3) is 8.21. The molecule has 1 saturated heterocycles. The number of carboxylic acid groups (broad SMARTS) is 3. The van der Waals surface area contributed by atoms with Crippen LogP contribution >= 0.6 is 11.6 Å². The molecule has 1 fully saturated rings. The molecular formula is C23H30ClN3O7. The Bertz CT molecular complexity index is 1020. The van der Waals surface area contributed by atoms with E-state index >= 15 is 0 Å². The predicted molar refractivity (Wildman–Crippen MR) is 126 cm³/mol. The van der Waals surface area contributed by atoms with Gasteiger partial charge in [0, 0.05) is 25.0 Å². The summed E-state index contributed by atoms with van der Waals surface area (Å²) in [4.78, 5) is 40.0. The molecule has 0 spiro atoms. The van der Waals surface area contributed by atoms with Gasteiger partial charge in [0.2, 0.25) is 0 Å². The number of pyridine rings is 1. The van der Waals surface area contributed by atoms with E-state index in [-0.39, 0.29) is 0 Å². The van der Waals surface area contributed by atoms with Crippen LogP contribution < -0.4 is 0 Å². The summed E-state index contributed by atoms with van der Waals surface area (Å²) in [5.41, 5.74) is -0.743. The highest BCUT2D eigenvalue weighted by atomic mass is 35.5. The van der Waals surface area contributed by atoms with E-state index in [2.05, 4.69) is 42.1 Å². The number of aromatic nitrogens is 1. The second kappa shape index (κ2) is 12.1. The molecule has 11 heteroatoms. The molecule has 1 aromatic carbocycles. The number of carboxylic acids is 3. The molecule has 0 aliphatic carbocycles. The van der Waals surface area contributed by atoms with Crippen LogP contribution in [-0.2, 0) is 20.9 Å². The lowest BCUT2D eigenvalue weighted by Crippen LogP contribution is -2.42. The van der Waals surface area contributed by atoms with E-state index in [9.17, 15) is 14.4 Å². The highest BCUT2D eigenvalue weighted by molar-refractivity contribution is 6.35. The molecule has 10 nitrogen and oxygen atoms in total. The summed E-state index contributed by atoms with van der Waals surface area (Å²) in [6.07, 6.45) is -0.985. The molecule has 1 unspecified atom stereocenters. The zero-order valence-electron chi connectivity index (χ0n) is 19.1. The van der Waals surface area contributed by atoms with Gasteiger partial charge in [-0.1, -0.05) is 29.8 Å². The molecule has 34 heavy (non-hydrogen) atoms. The largest absolute Gasteiger partial charge is 0.481 e. The molecule has 0 amide bonds. The van der Waals surface area contributed by atoms with Crippen molar-refractivity contribution in [3.05, 3.63) is 41.0 Å². The molecule has 1 atom stereocenters. The van der Waals surface area contributed by atoms with Gasteiger partial charge in [0.1, 0.15) is 0 Å². The van der Waals surface area contributed by atoms with Gasteiger partial charge < -0.3 is 30.2 Å². The standard InChI is InChI=1S/C17H22ClN3.C6H8O7/c1-20-9-8-13(10-20)11-21(2)12-15-7-6-14-4-3-5-16(18)17(14)19-15;7-3(8)1-6(13,5(11)12)2-4(9)10/h3-7,13H,8-12H2,1-2H3;13H,1-2H2,(H,7,8)(H,9,10)(H,11,12). The van der Waals surface area contributed by atoms with Crippen molar-refractivity contribution >= 4 is 40.4 Å². The number of nitrogens with zero attached hydrogens (tertiary/aromatic N) is 3. The molecule has 0 radical (unpaired) electrons. The topological polar surface area (TPSA) is 152 Å². The van der Waals surface area contributed by atoms with Crippen LogP contribution in [0.1, 0.15) is 25.0 Å². The second-order valence-electron chi connectivity index (χ2n) is 8.71. The molecule has 4 N–H and O–H groups in total. The first-order chi connectivity index (χ1) is 15.9. The van der Waals surface area contributed by atoms with Crippen LogP contribution in [0.5, 0.6) is 0 Å². The number of halogens is 1. The Morgan fingerprint density at radius 3 is 2.32 bits per heavy atom. The fourth-order valence-electron chi connectivity index (χ4n) is 3.91. The summed E-state index contributed by atoms with van der Waals surface area (Å²) in [7, 11) is 4.38. The molecule has 1 aromatic heterocycles. The highest BCUT2D eigenvalue weighted by Crippen LogP contribution is 2.22. The van der Waals surface area contributed by atoms with Gasteiger partial charge in [-0.2, -0.15) is 0 Å². The Morgan fingerprint density at radius 2 is 1.79 bits per heavy atom. The van der Waals surface area contributed by atoms with Crippen molar-refractivity contribution in [1.29, 1.82) is 0 Å². The Labute approximate surface area is 202 Å². The lowest BCUT2D eigenvalue weighted by molar-refractivity contribution is -0.170. The van der Waals surface area contributed by atoms with Crippen LogP contribution in [0.4, 0.5) is 0 Å². The summed E-state index contributed by atoms with van der Waals surface area (Å²) in [6.45, 7) is 4.44. The van der Waals surface area contributed by atoms with Crippen LogP contribution in [0.15, 0.2) is 30.3 Å². The Morgan fingerprint density at radius 1 is 1.15 bits per heavy atom. The van der Waals surface area contributed by atoms with E-state index in [1.54, 1.807) is 0 Å². The quantitative estimate of drug-likeness (QED) is 0.406. The highest BCUT2D eigenvalue weighted by Gasteiger charge is 2.40. The van der Waals surface area contributed by atoms with Gasteiger partial charge in [0.15, 0.2) is 5.60 Å². The monoisotopic (exact) mass is 495 g/mol. The molecular weight excluding hydrogens is 466 g/mol. The van der Waals surface area contributed by atoms with Gasteiger partial charge in [-0.05, 0) is 45.1 Å². The van der Waals surface area contributed by atoms with E-state index < -0.39 is 36.4 Å². The molecule has 186 valence electrons. The molecule has 2 aromatic rings. The first kappa shape index (κ1) is 27.5. The third-order valence-electron chi connectivity index (χ3n) is 5.50. The number of rotatable bonds is 9. The zero-order valence-corrected chi connectivity index (χ0v) is 19.9. The maximum Gasteiger partial charge on any atom is 0.336 e.